The number of nitrogens with zero attached hydrogens (tertiary/aromatic N) is 3. The lowest BCUT2D eigenvalue weighted by Gasteiger charge is -2.48. The molecule has 6 fully saturated rings. The van der Waals surface area contributed by atoms with E-state index in [0.29, 0.717) is 107 Å². The number of carbonyl (C=O) groups excluding carboxylic acids is 3. The van der Waals surface area contributed by atoms with Gasteiger partial charge in [-0.1, -0.05) is 39.0 Å². The van der Waals surface area contributed by atoms with Crippen LogP contribution in [0.15, 0.2) is 68.1 Å². The van der Waals surface area contributed by atoms with Gasteiger partial charge >= 0.3 is 20.4 Å². The van der Waals surface area contributed by atoms with E-state index in [1.807, 2.05) is 18.2 Å². The molecule has 9 nitrogen and oxygen atoms in total. The molecule has 1 aliphatic heterocycles. The van der Waals surface area contributed by atoms with Crippen LogP contribution in [0.5, 0.6) is 17.2 Å². The van der Waals surface area contributed by atoms with Gasteiger partial charge in [-0.3, -0.25) is 14.4 Å². The van der Waals surface area contributed by atoms with Gasteiger partial charge < -0.3 is 13.6 Å². The second-order valence-electron chi connectivity index (χ2n) is 23.5. The number of benzene rings is 3. The molecule has 10 aliphatic rings. The van der Waals surface area contributed by atoms with Crippen LogP contribution >= 0.6 is 54.1 Å². The minimum atomic E-state index is -3.71. The second kappa shape index (κ2) is 16.3. The minimum absolute atomic E-state index is 0.180. The first-order valence-electron chi connectivity index (χ1n) is 26.0. The quantitative estimate of drug-likeness (QED) is 0.227. The van der Waals surface area contributed by atoms with Gasteiger partial charge in [0.2, 0.25) is 0 Å². The van der Waals surface area contributed by atoms with E-state index in [9.17, 15) is 14.4 Å². The van der Waals surface area contributed by atoms with Crippen molar-refractivity contribution < 1.29 is 28.0 Å². The van der Waals surface area contributed by atoms with Crippen molar-refractivity contribution in [3.05, 3.63) is 88.0 Å². The van der Waals surface area contributed by atoms with Crippen LogP contribution in [0.1, 0.15) is 168 Å². The maximum Gasteiger partial charge on any atom is 0.354 e. The van der Waals surface area contributed by atoms with Crippen molar-refractivity contribution in [2.24, 2.45) is 65.3 Å². The van der Waals surface area contributed by atoms with E-state index in [1.165, 1.54) is 33.4 Å². The van der Waals surface area contributed by atoms with Gasteiger partial charge in [0.15, 0.2) is 0 Å². The molecule has 3 aromatic rings. The average Bonchev–Trinajstić information content (AvgIpc) is 3.91. The molecule has 0 saturated heterocycles. The molecule has 69 heavy (non-hydrogen) atoms. The molecule has 0 amide bonds. The van der Waals surface area contributed by atoms with Gasteiger partial charge in [0.25, 0.3) is 0 Å². The van der Waals surface area contributed by atoms with Gasteiger partial charge in [-0.05, 0) is 253 Å². The Kier molecular flexibility index (Phi) is 11.0. The first-order chi connectivity index (χ1) is 33.0. The Morgan fingerprint density at radius 1 is 0.435 bits per heavy atom. The number of halogens is 3. The fourth-order valence-electron chi connectivity index (χ4n) is 17.1. The van der Waals surface area contributed by atoms with Crippen LogP contribution in [0.25, 0.3) is 0 Å². The molecule has 6 saturated carbocycles. The van der Waals surface area contributed by atoms with Gasteiger partial charge in [-0.15, -0.1) is 13.5 Å². The van der Waals surface area contributed by atoms with Crippen LogP contribution < -0.4 is 13.6 Å². The highest BCUT2D eigenvalue weighted by Gasteiger charge is 2.57. The van der Waals surface area contributed by atoms with E-state index in [2.05, 4.69) is 57.2 Å². The first-order valence-corrected chi connectivity index (χ1v) is 33.6. The summed E-state index contributed by atoms with van der Waals surface area (Å²) < 4.78 is 35.0. The van der Waals surface area contributed by atoms with Crippen LogP contribution in [-0.4, -0.2) is 17.3 Å². The van der Waals surface area contributed by atoms with Gasteiger partial charge in [0, 0.05) is 35.5 Å². The molecule has 13 rings (SSSR count). The van der Waals surface area contributed by atoms with Crippen LogP contribution in [0.3, 0.4) is 0 Å². The molecule has 15 heteroatoms. The number of hydrogen-bond acceptors (Lipinski definition) is 9. The molecular weight excluding hydrogens is 986 g/mol. The van der Waals surface area contributed by atoms with E-state index in [1.54, 1.807) is 0 Å². The normalized spacial score (nSPS) is 43.4. The highest BCUT2D eigenvalue weighted by atomic mass is 35.7. The third-order valence-electron chi connectivity index (χ3n) is 20.5. The average molecular weight is 1050 g/mol. The van der Waals surface area contributed by atoms with Gasteiger partial charge in [0.1, 0.15) is 34.6 Å². The SMILES string of the molecule is C[C@]12CC[C@@H]3c4ccc(OP5(Cl)=NP(Cl)(Oc6ccc7c(c6)CC[C@@H]6[C@@H]7CC[C@]7(C)C(=O)CC[C@@H]67)=NP(Cl)(Oc6ccc7c(c6)CC[C@@H]6[C@@H]7CC[C@]7(C)C(=O)CC[C@@H]67)=N5)cc4CC[C@H]3[C@@H]1CCC2=O. The number of rotatable bonds is 6. The predicted molar refractivity (Wildman–Crippen MR) is 276 cm³/mol. The zero-order valence-electron chi connectivity index (χ0n) is 39.9. The Morgan fingerprint density at radius 2 is 0.725 bits per heavy atom. The van der Waals surface area contributed by atoms with Crippen molar-refractivity contribution in [2.45, 2.75) is 154 Å². The third-order valence-corrected chi connectivity index (χ3v) is 31.4. The van der Waals surface area contributed by atoms with Crippen molar-refractivity contribution in [1.82, 2.24) is 0 Å². The summed E-state index contributed by atoms with van der Waals surface area (Å²) in [5.74, 6) is 7.08. The fourth-order valence-corrected chi connectivity index (χ4v) is 30.4. The summed E-state index contributed by atoms with van der Waals surface area (Å²) in [7, 11) is 0. The topological polar surface area (TPSA) is 116 Å². The summed E-state index contributed by atoms with van der Waals surface area (Å²) in [6, 6.07) is 18.7. The minimum Gasteiger partial charge on any atom is -0.431 e. The van der Waals surface area contributed by atoms with Crippen LogP contribution in [0, 0.1) is 51.8 Å². The lowest BCUT2D eigenvalue weighted by Crippen LogP contribution is -2.42. The molecule has 0 spiro atoms. The summed E-state index contributed by atoms with van der Waals surface area (Å²) >= 11 is 22.7. The lowest BCUT2D eigenvalue weighted by molar-refractivity contribution is -0.130. The number of carbonyl (C=O) groups is 3. The lowest BCUT2D eigenvalue weighted by atomic mass is 9.55. The number of aryl methyl sites for hydroxylation is 3. The molecule has 0 N–H and O–H groups in total. The van der Waals surface area contributed by atoms with Crippen molar-refractivity contribution >= 4 is 71.4 Å². The molecule has 3 aromatic carbocycles. The Labute approximate surface area is 421 Å². The van der Waals surface area contributed by atoms with Crippen LogP contribution in [0.2, 0.25) is 0 Å². The van der Waals surface area contributed by atoms with E-state index in [4.69, 9.17) is 60.8 Å². The van der Waals surface area contributed by atoms with E-state index in [-0.39, 0.29) is 16.2 Å². The summed E-state index contributed by atoms with van der Waals surface area (Å²) in [4.78, 5) is 39.0. The highest BCUT2D eigenvalue weighted by Crippen LogP contribution is 2.83. The summed E-state index contributed by atoms with van der Waals surface area (Å²) in [5.41, 5.74) is 7.18. The van der Waals surface area contributed by atoms with Crippen molar-refractivity contribution in [1.29, 1.82) is 0 Å². The number of ketones is 3. The van der Waals surface area contributed by atoms with Crippen LogP contribution in [0.4, 0.5) is 0 Å². The number of Topliss-reactive ketones (excluding diaryl/α,β-unsaturated/α-hetero) is 3. The predicted octanol–water partition coefficient (Wildman–Crippen LogP) is 17.1. The largest absolute Gasteiger partial charge is 0.431 e. The zero-order chi connectivity index (χ0) is 47.5. The summed E-state index contributed by atoms with van der Waals surface area (Å²) in [5, 5.41) is 0. The first kappa shape index (κ1) is 46.4. The third kappa shape index (κ3) is 7.39. The summed E-state index contributed by atoms with van der Waals surface area (Å²) in [6.45, 7) is -4.47. The molecule has 0 unspecified atom stereocenters. The van der Waals surface area contributed by atoms with E-state index >= 15 is 0 Å². The van der Waals surface area contributed by atoms with Crippen molar-refractivity contribution in [3.8, 4) is 17.2 Å². The fraction of sp³-hybridized carbons (Fsp3) is 0.611. The Balaban J connectivity index is 0.817. The van der Waals surface area contributed by atoms with Crippen molar-refractivity contribution in [3.63, 3.8) is 0 Å². The smallest absolute Gasteiger partial charge is 0.354 e. The highest BCUT2D eigenvalue weighted by molar-refractivity contribution is 8.05. The van der Waals surface area contributed by atoms with Crippen molar-refractivity contribution in [2.75, 3.05) is 0 Å². The molecule has 12 atom stereocenters. The molecular formula is C54H63Cl3N3O6P3. The Bertz CT molecular complexity index is 2620. The second-order valence-corrected chi connectivity index (χ2v) is 33.0. The molecule has 0 radical (unpaired) electrons. The van der Waals surface area contributed by atoms with Gasteiger partial charge in [-0.25, -0.2) is 0 Å². The summed E-state index contributed by atoms with van der Waals surface area (Å²) in [6.07, 6.45) is 16.8. The zero-order valence-corrected chi connectivity index (χ0v) is 44.8. The molecule has 9 aliphatic carbocycles. The monoisotopic (exact) mass is 1050 g/mol. The van der Waals surface area contributed by atoms with Crippen LogP contribution in [-0.2, 0) is 33.6 Å². The number of hydrogen-bond donors (Lipinski definition) is 0. The molecule has 0 bridgehead atoms. The van der Waals surface area contributed by atoms with Gasteiger partial charge in [-0.2, -0.15) is 0 Å². The van der Waals surface area contributed by atoms with E-state index in [0.717, 1.165) is 96.3 Å². The van der Waals surface area contributed by atoms with Gasteiger partial charge in [0.05, 0.1) is 0 Å². The van der Waals surface area contributed by atoms with E-state index < -0.39 is 20.4 Å². The maximum absolute atomic E-state index is 13.0. The Morgan fingerprint density at radius 3 is 1.01 bits per heavy atom. The molecule has 0 aromatic heterocycles. The standard InChI is InChI=1S/C54H63Cl3N3O6P3/c1-52-25-22-40-37-13-7-34(28-31(37)4-10-43(40)46(52)16-19-49(52)61)64-67(55)58-68(56,65-35-8-14-38-32(29-35)5-11-44-41(38)23-26-53(2)47(44)17-20-50(53)62)60-69(57,59-67)66-36-9-15-39-33(30-36)6-12-45-42(39)24-27-54(3)48(45)18-21-51(54)63/h7-9,13-15,28-30,40-48H,4-6,10-12,16-27H2,1-3H3/t40-,41-,42-,43-,44-,45-,46+,47+,48+,52+,53+,54+,67?,68?,69?/m1/s1. The molecule has 366 valence electrons. The Hall–Kier alpha value is -2.37. The molecule has 1 heterocycles. The number of fused-ring (bicyclic) bond motifs is 15. The maximum atomic E-state index is 13.0.